The summed E-state index contributed by atoms with van der Waals surface area (Å²) >= 11 is 0. The lowest BCUT2D eigenvalue weighted by Gasteiger charge is -2.29. The van der Waals surface area contributed by atoms with Crippen LogP contribution in [0.4, 0.5) is 0 Å². The minimum Gasteiger partial charge on any atom is -0.366 e. The molecule has 0 saturated heterocycles. The predicted octanol–water partition coefficient (Wildman–Crippen LogP) is 1.68. The molecule has 3 N–H and O–H groups in total. The van der Waals surface area contributed by atoms with Crippen LogP contribution in [0.5, 0.6) is 0 Å². The van der Waals surface area contributed by atoms with Crippen molar-refractivity contribution in [2.75, 3.05) is 6.54 Å². The Bertz CT molecular complexity index is 670. The number of carbonyl (C=O) groups is 1. The standard InChI is InChI=1S/C16H20N4O/c1-10-15(11(2)19-18-10)9-20-7-6-13-12(8-20)4-3-5-14(13)16(17)21/h3-5H,6-9H2,1-2H3,(H2,17,21)(H,18,19). The monoisotopic (exact) mass is 284 g/mol. The van der Waals surface area contributed by atoms with E-state index in [0.29, 0.717) is 5.56 Å². The molecule has 2 heterocycles. The van der Waals surface area contributed by atoms with Crippen molar-refractivity contribution in [3.05, 3.63) is 51.8 Å². The Balaban J connectivity index is 1.82. The maximum Gasteiger partial charge on any atom is 0.248 e. The summed E-state index contributed by atoms with van der Waals surface area (Å²) in [6.07, 6.45) is 0.865. The molecule has 0 unspecified atom stereocenters. The Kier molecular flexibility index (Phi) is 3.51. The average molecular weight is 284 g/mol. The van der Waals surface area contributed by atoms with Gasteiger partial charge in [0.2, 0.25) is 5.91 Å². The fourth-order valence-corrected chi connectivity index (χ4v) is 3.06. The highest BCUT2D eigenvalue weighted by Crippen LogP contribution is 2.24. The Morgan fingerprint density at radius 1 is 1.43 bits per heavy atom. The van der Waals surface area contributed by atoms with Gasteiger partial charge in [0, 0.05) is 36.5 Å². The van der Waals surface area contributed by atoms with Gasteiger partial charge in [-0.2, -0.15) is 5.10 Å². The molecule has 5 heteroatoms. The molecule has 1 aromatic carbocycles. The summed E-state index contributed by atoms with van der Waals surface area (Å²) < 4.78 is 0. The van der Waals surface area contributed by atoms with Gasteiger partial charge in [0.05, 0.1) is 5.69 Å². The highest BCUT2D eigenvalue weighted by atomic mass is 16.1. The van der Waals surface area contributed by atoms with Crippen LogP contribution in [0.3, 0.4) is 0 Å². The zero-order valence-corrected chi connectivity index (χ0v) is 12.4. The summed E-state index contributed by atoms with van der Waals surface area (Å²) in [5, 5.41) is 7.28. The summed E-state index contributed by atoms with van der Waals surface area (Å²) in [5.41, 5.74) is 11.9. The van der Waals surface area contributed by atoms with Crippen molar-refractivity contribution < 1.29 is 4.79 Å². The Morgan fingerprint density at radius 3 is 2.90 bits per heavy atom. The molecule has 0 spiro atoms. The fourth-order valence-electron chi connectivity index (χ4n) is 3.06. The topological polar surface area (TPSA) is 75.0 Å². The second-order valence-electron chi connectivity index (χ2n) is 5.68. The van der Waals surface area contributed by atoms with Gasteiger partial charge in [0.25, 0.3) is 0 Å². The number of primary amides is 1. The number of benzene rings is 1. The van der Waals surface area contributed by atoms with Crippen molar-refractivity contribution in [1.29, 1.82) is 0 Å². The molecule has 1 aliphatic heterocycles. The number of aromatic amines is 1. The van der Waals surface area contributed by atoms with Crippen LogP contribution in [0.25, 0.3) is 0 Å². The van der Waals surface area contributed by atoms with Gasteiger partial charge >= 0.3 is 0 Å². The summed E-state index contributed by atoms with van der Waals surface area (Å²) in [7, 11) is 0. The molecule has 0 aliphatic carbocycles. The highest BCUT2D eigenvalue weighted by molar-refractivity contribution is 5.94. The largest absolute Gasteiger partial charge is 0.366 e. The van der Waals surface area contributed by atoms with Crippen molar-refractivity contribution in [3.8, 4) is 0 Å². The van der Waals surface area contributed by atoms with Crippen molar-refractivity contribution in [1.82, 2.24) is 15.1 Å². The van der Waals surface area contributed by atoms with Gasteiger partial charge in [-0.05, 0) is 37.5 Å². The summed E-state index contributed by atoms with van der Waals surface area (Å²) in [6.45, 7) is 6.75. The smallest absolute Gasteiger partial charge is 0.248 e. The maximum atomic E-state index is 11.5. The number of carbonyl (C=O) groups excluding carboxylic acids is 1. The number of H-pyrrole nitrogens is 1. The molecule has 0 saturated carbocycles. The number of hydrogen-bond acceptors (Lipinski definition) is 3. The number of aryl methyl sites for hydroxylation is 2. The van der Waals surface area contributed by atoms with Gasteiger partial charge in [-0.25, -0.2) is 0 Å². The molecule has 21 heavy (non-hydrogen) atoms. The first-order valence-electron chi connectivity index (χ1n) is 7.19. The normalized spacial score (nSPS) is 15.0. The van der Waals surface area contributed by atoms with E-state index in [9.17, 15) is 4.79 Å². The molecular weight excluding hydrogens is 264 g/mol. The van der Waals surface area contributed by atoms with Gasteiger partial charge in [-0.1, -0.05) is 12.1 Å². The zero-order valence-electron chi connectivity index (χ0n) is 12.4. The van der Waals surface area contributed by atoms with Crippen LogP contribution >= 0.6 is 0 Å². The molecule has 3 rings (SSSR count). The van der Waals surface area contributed by atoms with Crippen molar-refractivity contribution in [2.45, 2.75) is 33.4 Å². The fraction of sp³-hybridized carbons (Fsp3) is 0.375. The number of rotatable bonds is 3. The van der Waals surface area contributed by atoms with Gasteiger partial charge in [-0.15, -0.1) is 0 Å². The molecule has 0 radical (unpaired) electrons. The lowest BCUT2D eigenvalue weighted by atomic mass is 9.94. The van der Waals surface area contributed by atoms with Gasteiger partial charge < -0.3 is 5.73 Å². The zero-order chi connectivity index (χ0) is 15.0. The van der Waals surface area contributed by atoms with Crippen LogP contribution in [-0.2, 0) is 19.5 Å². The molecule has 0 atom stereocenters. The van der Waals surface area contributed by atoms with E-state index in [2.05, 4.69) is 28.1 Å². The van der Waals surface area contributed by atoms with Crippen LogP contribution in [-0.4, -0.2) is 27.5 Å². The van der Waals surface area contributed by atoms with Crippen LogP contribution in [0.2, 0.25) is 0 Å². The molecule has 0 bridgehead atoms. The molecule has 1 aliphatic rings. The lowest BCUT2D eigenvalue weighted by molar-refractivity contribution is 0.0998. The molecule has 2 aromatic rings. The number of nitrogens with two attached hydrogens (primary N) is 1. The summed E-state index contributed by atoms with van der Waals surface area (Å²) in [4.78, 5) is 13.9. The molecule has 1 amide bonds. The van der Waals surface area contributed by atoms with Gasteiger partial charge in [0.15, 0.2) is 0 Å². The third-order valence-corrected chi connectivity index (χ3v) is 4.27. The average Bonchev–Trinajstić information content (AvgIpc) is 2.78. The van der Waals surface area contributed by atoms with E-state index in [1.807, 2.05) is 19.1 Å². The second kappa shape index (κ2) is 5.33. The predicted molar refractivity (Wildman–Crippen MR) is 80.8 cm³/mol. The Morgan fingerprint density at radius 2 is 2.24 bits per heavy atom. The Hall–Kier alpha value is -2.14. The van der Waals surface area contributed by atoms with E-state index in [0.717, 1.165) is 43.0 Å². The third-order valence-electron chi connectivity index (χ3n) is 4.27. The molecular formula is C16H20N4O. The van der Waals surface area contributed by atoms with E-state index in [4.69, 9.17) is 5.73 Å². The lowest BCUT2D eigenvalue weighted by Crippen LogP contribution is -2.32. The first-order chi connectivity index (χ1) is 10.1. The van der Waals surface area contributed by atoms with E-state index in [1.165, 1.54) is 11.1 Å². The quantitative estimate of drug-likeness (QED) is 0.900. The SMILES string of the molecule is Cc1n[nH]c(C)c1CN1CCc2c(cccc2C(N)=O)C1. The van der Waals surface area contributed by atoms with Gasteiger partial charge in [-0.3, -0.25) is 14.8 Å². The van der Waals surface area contributed by atoms with E-state index in [-0.39, 0.29) is 5.91 Å². The summed E-state index contributed by atoms with van der Waals surface area (Å²) in [5.74, 6) is -0.332. The molecule has 110 valence electrons. The first kappa shape index (κ1) is 13.8. The minimum atomic E-state index is -0.332. The minimum absolute atomic E-state index is 0.332. The first-order valence-corrected chi connectivity index (χ1v) is 7.19. The third kappa shape index (κ3) is 2.56. The van der Waals surface area contributed by atoms with Crippen molar-refractivity contribution in [2.24, 2.45) is 5.73 Å². The van der Waals surface area contributed by atoms with E-state index < -0.39 is 0 Å². The van der Waals surface area contributed by atoms with Crippen LogP contribution in [0, 0.1) is 13.8 Å². The summed E-state index contributed by atoms with van der Waals surface area (Å²) in [6, 6.07) is 5.82. The van der Waals surface area contributed by atoms with E-state index >= 15 is 0 Å². The van der Waals surface area contributed by atoms with Gasteiger partial charge in [0.1, 0.15) is 0 Å². The van der Waals surface area contributed by atoms with Crippen molar-refractivity contribution in [3.63, 3.8) is 0 Å². The number of fused-ring (bicyclic) bond motifs is 1. The van der Waals surface area contributed by atoms with Crippen LogP contribution in [0.15, 0.2) is 18.2 Å². The highest BCUT2D eigenvalue weighted by Gasteiger charge is 2.21. The molecule has 5 nitrogen and oxygen atoms in total. The number of hydrogen-bond donors (Lipinski definition) is 2. The second-order valence-corrected chi connectivity index (χ2v) is 5.68. The van der Waals surface area contributed by atoms with Crippen LogP contribution in [0.1, 0.15) is 38.4 Å². The number of amides is 1. The number of nitrogens with zero attached hydrogens (tertiary/aromatic N) is 2. The van der Waals surface area contributed by atoms with E-state index in [1.54, 1.807) is 0 Å². The van der Waals surface area contributed by atoms with Crippen molar-refractivity contribution >= 4 is 5.91 Å². The number of nitrogens with one attached hydrogen (secondary N) is 1. The molecule has 1 aromatic heterocycles. The Labute approximate surface area is 124 Å². The molecule has 0 fully saturated rings. The number of aromatic nitrogens is 2. The maximum absolute atomic E-state index is 11.5. The van der Waals surface area contributed by atoms with Crippen LogP contribution < -0.4 is 5.73 Å².